The van der Waals surface area contributed by atoms with Crippen molar-refractivity contribution in [1.29, 1.82) is 0 Å². The maximum atomic E-state index is 12.2. The normalized spacial score (nSPS) is 12.6. The van der Waals surface area contributed by atoms with Gasteiger partial charge in [0.2, 0.25) is 0 Å². The minimum Gasteiger partial charge on any atom is -0.411 e. The van der Waals surface area contributed by atoms with Crippen LogP contribution in [0.25, 0.3) is 10.9 Å². The number of fused-ring (bicyclic) bond motifs is 1. The van der Waals surface area contributed by atoms with E-state index < -0.39 is 12.7 Å². The highest BCUT2D eigenvalue weighted by atomic mass is 19.4. The highest BCUT2D eigenvalue weighted by Gasteiger charge is 2.29. The third-order valence-electron chi connectivity index (χ3n) is 2.20. The van der Waals surface area contributed by atoms with Crippen LogP contribution in [0.4, 0.5) is 13.2 Å². The lowest BCUT2D eigenvalue weighted by molar-refractivity contribution is -0.141. The van der Waals surface area contributed by atoms with Crippen LogP contribution in [0.2, 0.25) is 0 Å². The maximum absolute atomic E-state index is 12.2. The van der Waals surface area contributed by atoms with E-state index in [1.54, 1.807) is 12.1 Å². The van der Waals surface area contributed by atoms with E-state index in [-0.39, 0.29) is 0 Å². The number of oxime groups is 1. The van der Waals surface area contributed by atoms with Crippen LogP contribution >= 0.6 is 0 Å². The van der Waals surface area contributed by atoms with E-state index in [1.807, 2.05) is 0 Å². The molecular weight excluding hydrogens is 235 g/mol. The molecule has 0 saturated carbocycles. The first-order valence-corrected chi connectivity index (χ1v) is 4.69. The Hall–Kier alpha value is -2.05. The third-order valence-corrected chi connectivity index (χ3v) is 2.20. The van der Waals surface area contributed by atoms with Gasteiger partial charge < -0.3 is 5.21 Å². The van der Waals surface area contributed by atoms with Crippen LogP contribution in [0, 0.1) is 0 Å². The molecule has 0 aliphatic rings. The summed E-state index contributed by atoms with van der Waals surface area (Å²) >= 11 is 0. The molecule has 1 N–H and O–H groups in total. The van der Waals surface area contributed by atoms with Gasteiger partial charge in [-0.3, -0.25) is 4.68 Å². The van der Waals surface area contributed by atoms with Crippen molar-refractivity contribution in [1.82, 2.24) is 9.78 Å². The molecule has 1 heterocycles. The quantitative estimate of drug-likeness (QED) is 0.500. The van der Waals surface area contributed by atoms with Gasteiger partial charge in [-0.1, -0.05) is 11.2 Å². The van der Waals surface area contributed by atoms with Crippen molar-refractivity contribution in [3.8, 4) is 0 Å². The van der Waals surface area contributed by atoms with Gasteiger partial charge in [-0.15, -0.1) is 0 Å². The topological polar surface area (TPSA) is 50.4 Å². The summed E-state index contributed by atoms with van der Waals surface area (Å²) in [5.74, 6) is 0. The molecule has 17 heavy (non-hydrogen) atoms. The van der Waals surface area contributed by atoms with E-state index >= 15 is 0 Å². The molecule has 7 heteroatoms. The minimum absolute atomic E-state index is 0.386. The van der Waals surface area contributed by atoms with Crippen LogP contribution in [-0.2, 0) is 6.54 Å². The molecule has 0 aliphatic carbocycles. The number of hydrogen-bond acceptors (Lipinski definition) is 3. The Morgan fingerprint density at radius 2 is 2.18 bits per heavy atom. The summed E-state index contributed by atoms with van der Waals surface area (Å²) in [6.45, 7) is -1.12. The molecule has 0 fully saturated rings. The van der Waals surface area contributed by atoms with Crippen molar-refractivity contribution in [3.05, 3.63) is 30.0 Å². The van der Waals surface area contributed by atoms with Gasteiger partial charge in [0.25, 0.3) is 0 Å². The molecule has 0 unspecified atom stereocenters. The first-order valence-electron chi connectivity index (χ1n) is 4.69. The Bertz CT molecular complexity index is 559. The molecule has 0 radical (unpaired) electrons. The molecule has 0 amide bonds. The van der Waals surface area contributed by atoms with Crippen LogP contribution in [0.15, 0.2) is 29.6 Å². The molecular formula is C10H8F3N3O. The molecule has 0 saturated heterocycles. The summed E-state index contributed by atoms with van der Waals surface area (Å²) in [5, 5.41) is 15.4. The van der Waals surface area contributed by atoms with E-state index in [2.05, 4.69) is 10.3 Å². The zero-order chi connectivity index (χ0) is 12.5. The van der Waals surface area contributed by atoms with Crippen molar-refractivity contribution in [2.24, 2.45) is 5.16 Å². The van der Waals surface area contributed by atoms with E-state index in [9.17, 15) is 13.2 Å². The zero-order valence-electron chi connectivity index (χ0n) is 8.52. The molecule has 2 rings (SSSR count). The van der Waals surface area contributed by atoms with Gasteiger partial charge in [-0.05, 0) is 17.7 Å². The summed E-state index contributed by atoms with van der Waals surface area (Å²) in [6, 6.07) is 4.65. The first kappa shape index (κ1) is 11.4. The van der Waals surface area contributed by atoms with Crippen molar-refractivity contribution in [3.63, 3.8) is 0 Å². The summed E-state index contributed by atoms with van der Waals surface area (Å²) in [7, 11) is 0. The number of alkyl halides is 3. The van der Waals surface area contributed by atoms with Gasteiger partial charge in [-0.25, -0.2) is 0 Å². The van der Waals surface area contributed by atoms with Gasteiger partial charge in [0.1, 0.15) is 6.54 Å². The predicted octanol–water partition coefficient (Wildman–Crippen LogP) is 2.41. The fourth-order valence-corrected chi connectivity index (χ4v) is 1.55. The lowest BCUT2D eigenvalue weighted by Crippen LogP contribution is -2.18. The first-order chi connectivity index (χ1) is 7.99. The molecule has 0 bridgehead atoms. The highest BCUT2D eigenvalue weighted by molar-refractivity contribution is 5.88. The number of rotatable bonds is 2. The Kier molecular flexibility index (Phi) is 2.74. The van der Waals surface area contributed by atoms with E-state index in [4.69, 9.17) is 5.21 Å². The standard InChI is InChI=1S/C10H8F3N3O/c11-10(12,13)6-16-9-2-1-7(4-15-17)3-8(9)5-14-16/h1-5,17H,6H2. The molecule has 1 aromatic heterocycles. The van der Waals surface area contributed by atoms with Crippen molar-refractivity contribution in [2.75, 3.05) is 0 Å². The molecule has 2 aromatic rings. The summed E-state index contributed by atoms with van der Waals surface area (Å²) in [5.41, 5.74) is 0.976. The summed E-state index contributed by atoms with van der Waals surface area (Å²) < 4.78 is 37.6. The van der Waals surface area contributed by atoms with Crippen LogP contribution in [0.3, 0.4) is 0 Å². The highest BCUT2D eigenvalue weighted by Crippen LogP contribution is 2.21. The molecule has 0 aliphatic heterocycles. The average Bonchev–Trinajstić information content (AvgIpc) is 2.59. The fraction of sp³-hybridized carbons (Fsp3) is 0.200. The Morgan fingerprint density at radius 1 is 1.41 bits per heavy atom. The number of benzene rings is 1. The lowest BCUT2D eigenvalue weighted by Gasteiger charge is -2.07. The van der Waals surface area contributed by atoms with Gasteiger partial charge >= 0.3 is 6.18 Å². The number of hydrogen-bond donors (Lipinski definition) is 1. The van der Waals surface area contributed by atoms with Crippen LogP contribution in [0.1, 0.15) is 5.56 Å². The number of nitrogens with zero attached hydrogens (tertiary/aromatic N) is 3. The maximum Gasteiger partial charge on any atom is 0.408 e. The molecule has 0 atom stereocenters. The predicted molar refractivity (Wildman–Crippen MR) is 55.2 cm³/mol. The number of halogens is 3. The van der Waals surface area contributed by atoms with Gasteiger partial charge in [0, 0.05) is 5.39 Å². The average molecular weight is 243 g/mol. The molecule has 4 nitrogen and oxygen atoms in total. The second-order valence-corrected chi connectivity index (χ2v) is 3.48. The minimum atomic E-state index is -4.30. The van der Waals surface area contributed by atoms with Gasteiger partial charge in [0.15, 0.2) is 0 Å². The lowest BCUT2D eigenvalue weighted by atomic mass is 10.2. The Balaban J connectivity index is 2.41. The SMILES string of the molecule is ON=Cc1ccc2c(cnn2CC(F)(F)F)c1. The van der Waals surface area contributed by atoms with Crippen molar-refractivity contribution in [2.45, 2.75) is 12.7 Å². The van der Waals surface area contributed by atoms with Crippen LogP contribution < -0.4 is 0 Å². The Labute approximate surface area is 94.0 Å². The second-order valence-electron chi connectivity index (χ2n) is 3.48. The summed E-state index contributed by atoms with van der Waals surface area (Å²) in [4.78, 5) is 0. The molecule has 1 aromatic carbocycles. The monoisotopic (exact) mass is 243 g/mol. The van der Waals surface area contributed by atoms with E-state index in [0.29, 0.717) is 16.5 Å². The van der Waals surface area contributed by atoms with E-state index in [1.165, 1.54) is 18.5 Å². The van der Waals surface area contributed by atoms with Crippen LogP contribution in [-0.4, -0.2) is 27.4 Å². The summed E-state index contributed by atoms with van der Waals surface area (Å²) in [6.07, 6.45) is -1.76. The van der Waals surface area contributed by atoms with Gasteiger partial charge in [0.05, 0.1) is 17.9 Å². The van der Waals surface area contributed by atoms with E-state index in [0.717, 1.165) is 4.68 Å². The molecule has 0 spiro atoms. The largest absolute Gasteiger partial charge is 0.411 e. The zero-order valence-corrected chi connectivity index (χ0v) is 8.52. The van der Waals surface area contributed by atoms with Crippen molar-refractivity contribution < 1.29 is 18.4 Å². The Morgan fingerprint density at radius 3 is 2.82 bits per heavy atom. The smallest absolute Gasteiger partial charge is 0.408 e. The van der Waals surface area contributed by atoms with Crippen molar-refractivity contribution >= 4 is 17.1 Å². The number of aromatic nitrogens is 2. The van der Waals surface area contributed by atoms with Crippen LogP contribution in [0.5, 0.6) is 0 Å². The fourth-order valence-electron chi connectivity index (χ4n) is 1.55. The third kappa shape index (κ3) is 2.55. The molecule has 90 valence electrons. The second kappa shape index (κ2) is 4.08. The van der Waals surface area contributed by atoms with Gasteiger partial charge in [-0.2, -0.15) is 18.3 Å².